The number of nitrogens with zero attached hydrogens (tertiary/aromatic N) is 5. The third-order valence-corrected chi connectivity index (χ3v) is 6.73. The summed E-state index contributed by atoms with van der Waals surface area (Å²) < 4.78 is 8.06. The fourth-order valence-electron chi connectivity index (χ4n) is 4.03. The maximum absolute atomic E-state index is 11.2. The topological polar surface area (TPSA) is 86.3 Å². The van der Waals surface area contributed by atoms with E-state index in [1.54, 1.807) is 23.9 Å². The normalized spacial score (nSPS) is 19.6. The summed E-state index contributed by atoms with van der Waals surface area (Å²) in [5.74, 6) is 1.55. The minimum Gasteiger partial charge on any atom is -0.376 e. The molecule has 2 aromatic rings. The van der Waals surface area contributed by atoms with Gasteiger partial charge in [-0.05, 0) is 44.6 Å². The van der Waals surface area contributed by atoms with Crippen molar-refractivity contribution in [2.24, 2.45) is 0 Å². The van der Waals surface area contributed by atoms with Gasteiger partial charge in [-0.25, -0.2) is 0 Å². The molecule has 0 aliphatic carbocycles. The van der Waals surface area contributed by atoms with Crippen molar-refractivity contribution in [2.45, 2.75) is 62.6 Å². The van der Waals surface area contributed by atoms with Gasteiger partial charge in [-0.2, -0.15) is 0 Å². The molecule has 9 heteroatoms. The van der Waals surface area contributed by atoms with Gasteiger partial charge in [0.25, 0.3) is 5.69 Å². The number of anilines is 1. The highest BCUT2D eigenvalue weighted by atomic mass is 32.2. The molecular weight excluding hydrogens is 390 g/mol. The number of hydrogen-bond acceptors (Lipinski definition) is 7. The molecule has 0 N–H and O–H groups in total. The van der Waals surface area contributed by atoms with Crippen LogP contribution in [0.4, 0.5) is 11.6 Å². The van der Waals surface area contributed by atoms with Gasteiger partial charge in [0.05, 0.1) is 17.6 Å². The zero-order valence-corrected chi connectivity index (χ0v) is 17.6. The molecule has 0 amide bonds. The Morgan fingerprint density at radius 1 is 1.24 bits per heavy atom. The van der Waals surface area contributed by atoms with Crippen molar-refractivity contribution < 1.29 is 9.66 Å². The smallest absolute Gasteiger partial charge is 0.272 e. The van der Waals surface area contributed by atoms with Crippen LogP contribution >= 0.6 is 11.8 Å². The first-order valence-electron chi connectivity index (χ1n) is 10.3. The highest BCUT2D eigenvalue weighted by Gasteiger charge is 2.25. The predicted octanol–water partition coefficient (Wildman–Crippen LogP) is 3.96. The summed E-state index contributed by atoms with van der Waals surface area (Å²) in [5, 5.41) is 21.1. The maximum Gasteiger partial charge on any atom is 0.272 e. The molecule has 3 heterocycles. The van der Waals surface area contributed by atoms with Crippen molar-refractivity contribution in [3.8, 4) is 0 Å². The van der Waals surface area contributed by atoms with E-state index in [0.717, 1.165) is 55.8 Å². The largest absolute Gasteiger partial charge is 0.376 e. The van der Waals surface area contributed by atoms with Crippen molar-refractivity contribution >= 4 is 23.4 Å². The molecule has 0 radical (unpaired) electrons. The zero-order valence-electron chi connectivity index (χ0n) is 16.7. The van der Waals surface area contributed by atoms with Gasteiger partial charge in [0.1, 0.15) is 0 Å². The number of nitro benzene ring substituents is 1. The van der Waals surface area contributed by atoms with Crippen LogP contribution in [-0.2, 0) is 17.0 Å². The summed E-state index contributed by atoms with van der Waals surface area (Å²) in [5.41, 5.74) is 1.83. The molecule has 0 bridgehead atoms. The highest BCUT2D eigenvalue weighted by Crippen LogP contribution is 2.31. The van der Waals surface area contributed by atoms with Crippen LogP contribution in [0.15, 0.2) is 23.4 Å². The Morgan fingerprint density at radius 2 is 2.07 bits per heavy atom. The van der Waals surface area contributed by atoms with Crippen molar-refractivity contribution in [3.63, 3.8) is 0 Å². The third kappa shape index (κ3) is 4.56. The van der Waals surface area contributed by atoms with Crippen LogP contribution in [-0.4, -0.2) is 45.5 Å². The number of piperidine rings is 1. The van der Waals surface area contributed by atoms with Gasteiger partial charge in [0.2, 0.25) is 5.95 Å². The molecule has 0 spiro atoms. The van der Waals surface area contributed by atoms with Gasteiger partial charge in [-0.15, -0.1) is 10.2 Å². The van der Waals surface area contributed by atoms with Gasteiger partial charge < -0.3 is 9.64 Å². The van der Waals surface area contributed by atoms with Crippen LogP contribution in [0.1, 0.15) is 43.2 Å². The Kier molecular flexibility index (Phi) is 6.34. The second kappa shape index (κ2) is 9.13. The van der Waals surface area contributed by atoms with Crippen LogP contribution in [0.2, 0.25) is 0 Å². The fraction of sp³-hybridized carbons (Fsp3) is 0.600. The number of rotatable bonds is 7. The average Bonchev–Trinajstić information content (AvgIpc) is 3.38. The maximum atomic E-state index is 11.2. The Hall–Kier alpha value is -2.13. The lowest BCUT2D eigenvalue weighted by Gasteiger charge is -2.28. The quantitative estimate of drug-likeness (QED) is 0.383. The Labute approximate surface area is 174 Å². The molecule has 1 aromatic carbocycles. The van der Waals surface area contributed by atoms with Crippen LogP contribution in [0, 0.1) is 17.0 Å². The van der Waals surface area contributed by atoms with Crippen LogP contribution in [0.3, 0.4) is 0 Å². The second-order valence-corrected chi connectivity index (χ2v) is 8.63. The number of nitro groups is 1. The first kappa shape index (κ1) is 20.2. The van der Waals surface area contributed by atoms with Gasteiger partial charge in [0, 0.05) is 37.1 Å². The van der Waals surface area contributed by atoms with E-state index in [-0.39, 0.29) is 16.7 Å². The number of benzene rings is 1. The molecule has 2 aliphatic rings. The standard InChI is InChI=1S/C20H27N5O3S/c1-15-16(7-5-9-18(15)25(26)27)14-29-20-22-21-19(23-10-3-2-4-11-23)24(20)13-17-8-6-12-28-17/h5,7,9,17H,2-4,6,8,10-14H2,1H3. The Bertz CT molecular complexity index is 860. The summed E-state index contributed by atoms with van der Waals surface area (Å²) >= 11 is 1.59. The molecule has 4 rings (SSSR count). The van der Waals surface area contributed by atoms with Gasteiger partial charge in [-0.3, -0.25) is 14.7 Å². The summed E-state index contributed by atoms with van der Waals surface area (Å²) in [7, 11) is 0. The third-order valence-electron chi connectivity index (χ3n) is 5.72. The van der Waals surface area contributed by atoms with Crippen LogP contribution in [0.5, 0.6) is 0 Å². The second-order valence-electron chi connectivity index (χ2n) is 7.68. The summed E-state index contributed by atoms with van der Waals surface area (Å²) in [6.45, 7) is 5.41. The van der Waals surface area contributed by atoms with E-state index in [1.165, 1.54) is 19.3 Å². The molecule has 29 heavy (non-hydrogen) atoms. The Morgan fingerprint density at radius 3 is 2.79 bits per heavy atom. The van der Waals surface area contributed by atoms with E-state index < -0.39 is 0 Å². The van der Waals surface area contributed by atoms with Crippen LogP contribution in [0.25, 0.3) is 0 Å². The van der Waals surface area contributed by atoms with E-state index in [2.05, 4.69) is 19.7 Å². The molecule has 2 saturated heterocycles. The monoisotopic (exact) mass is 417 g/mol. The predicted molar refractivity (Wildman–Crippen MR) is 112 cm³/mol. The average molecular weight is 418 g/mol. The van der Waals surface area contributed by atoms with Gasteiger partial charge in [0.15, 0.2) is 5.16 Å². The van der Waals surface area contributed by atoms with E-state index in [4.69, 9.17) is 4.74 Å². The van der Waals surface area contributed by atoms with Gasteiger partial charge in [-0.1, -0.05) is 23.9 Å². The fourth-order valence-corrected chi connectivity index (χ4v) is 5.04. The van der Waals surface area contributed by atoms with Crippen molar-refractivity contribution in [1.82, 2.24) is 14.8 Å². The number of thioether (sulfide) groups is 1. The van der Waals surface area contributed by atoms with Crippen molar-refractivity contribution in [2.75, 3.05) is 24.6 Å². The summed E-state index contributed by atoms with van der Waals surface area (Å²) in [6, 6.07) is 5.25. The molecular formula is C20H27N5O3S. The molecule has 2 aliphatic heterocycles. The van der Waals surface area contributed by atoms with Crippen molar-refractivity contribution in [3.05, 3.63) is 39.4 Å². The molecule has 0 saturated carbocycles. The lowest BCUT2D eigenvalue weighted by Crippen LogP contribution is -2.33. The van der Waals surface area contributed by atoms with E-state index >= 15 is 0 Å². The highest BCUT2D eigenvalue weighted by molar-refractivity contribution is 7.98. The zero-order chi connectivity index (χ0) is 20.2. The van der Waals surface area contributed by atoms with Crippen molar-refractivity contribution in [1.29, 1.82) is 0 Å². The molecule has 1 unspecified atom stereocenters. The first-order chi connectivity index (χ1) is 14.1. The Balaban J connectivity index is 1.55. The summed E-state index contributed by atoms with van der Waals surface area (Å²) in [4.78, 5) is 13.2. The van der Waals surface area contributed by atoms with E-state index in [9.17, 15) is 10.1 Å². The molecule has 1 atom stereocenters. The number of ether oxygens (including phenoxy) is 1. The minimum absolute atomic E-state index is 0.165. The lowest BCUT2D eigenvalue weighted by molar-refractivity contribution is -0.385. The molecule has 2 fully saturated rings. The van der Waals surface area contributed by atoms with Crippen LogP contribution < -0.4 is 4.90 Å². The minimum atomic E-state index is -0.322. The summed E-state index contributed by atoms with van der Waals surface area (Å²) in [6.07, 6.45) is 6.00. The molecule has 1 aromatic heterocycles. The molecule has 8 nitrogen and oxygen atoms in total. The van der Waals surface area contributed by atoms with Gasteiger partial charge >= 0.3 is 0 Å². The number of aromatic nitrogens is 3. The SMILES string of the molecule is Cc1c(CSc2nnc(N3CCCCC3)n2CC2CCCO2)cccc1[N+](=O)[O-]. The first-order valence-corrected chi connectivity index (χ1v) is 11.3. The van der Waals surface area contributed by atoms with E-state index in [0.29, 0.717) is 11.3 Å². The molecule has 156 valence electrons. The van der Waals surface area contributed by atoms with E-state index in [1.807, 2.05) is 13.0 Å². The lowest BCUT2D eigenvalue weighted by atomic mass is 10.1. The number of hydrogen-bond donors (Lipinski definition) is 0.